The Kier molecular flexibility index (Phi) is 4.19. The normalized spacial score (nSPS) is 12.5. The Morgan fingerprint density at radius 2 is 1.85 bits per heavy atom. The second-order valence-corrected chi connectivity index (χ2v) is 5.21. The van der Waals surface area contributed by atoms with E-state index in [-0.39, 0.29) is 6.04 Å². The van der Waals surface area contributed by atoms with E-state index in [1.54, 1.807) is 0 Å². The Morgan fingerprint density at radius 3 is 2.40 bits per heavy atom. The molecule has 1 aromatic carbocycles. The molecular formula is C17H23NO2. The number of hydrogen-bond acceptors (Lipinski definition) is 3. The molecular weight excluding hydrogens is 250 g/mol. The molecule has 0 aliphatic rings. The van der Waals surface area contributed by atoms with E-state index in [2.05, 4.69) is 19.9 Å². The van der Waals surface area contributed by atoms with Crippen LogP contribution < -0.4 is 10.5 Å². The van der Waals surface area contributed by atoms with Crippen molar-refractivity contribution in [2.75, 3.05) is 6.61 Å². The number of nitrogens with two attached hydrogens (primary N) is 1. The molecule has 0 aliphatic heterocycles. The largest absolute Gasteiger partial charge is 0.494 e. The molecule has 0 saturated heterocycles. The molecule has 1 unspecified atom stereocenters. The van der Waals surface area contributed by atoms with E-state index in [0.29, 0.717) is 6.61 Å². The van der Waals surface area contributed by atoms with Crippen molar-refractivity contribution in [2.45, 2.75) is 40.7 Å². The first-order valence-electron chi connectivity index (χ1n) is 7.01. The average Bonchev–Trinajstić information content (AvgIpc) is 2.65. The average molecular weight is 273 g/mol. The first-order valence-corrected chi connectivity index (χ1v) is 7.01. The highest BCUT2D eigenvalue weighted by Crippen LogP contribution is 2.34. The standard InChI is InChI=1S/C17H23NO2/c1-6-19-15-8-7-10(2)9-14(15)17(18)16-11(3)12(4)20-13(16)5/h7-9,17H,6,18H2,1-5H3. The maximum Gasteiger partial charge on any atom is 0.124 e. The monoisotopic (exact) mass is 273 g/mol. The lowest BCUT2D eigenvalue weighted by Crippen LogP contribution is -2.15. The van der Waals surface area contributed by atoms with Crippen LogP contribution in [-0.4, -0.2) is 6.61 Å². The maximum absolute atomic E-state index is 6.49. The molecule has 3 nitrogen and oxygen atoms in total. The number of rotatable bonds is 4. The summed E-state index contributed by atoms with van der Waals surface area (Å²) >= 11 is 0. The van der Waals surface area contributed by atoms with E-state index in [1.165, 1.54) is 5.56 Å². The quantitative estimate of drug-likeness (QED) is 0.917. The summed E-state index contributed by atoms with van der Waals surface area (Å²) in [6, 6.07) is 5.90. The predicted molar refractivity (Wildman–Crippen MR) is 81.3 cm³/mol. The Hall–Kier alpha value is -1.74. The van der Waals surface area contributed by atoms with Gasteiger partial charge in [0.05, 0.1) is 12.6 Å². The molecule has 2 rings (SSSR count). The molecule has 0 saturated carbocycles. The third-order valence-corrected chi connectivity index (χ3v) is 3.73. The zero-order valence-electron chi connectivity index (χ0n) is 12.9. The highest BCUT2D eigenvalue weighted by Gasteiger charge is 2.22. The van der Waals surface area contributed by atoms with Crippen LogP contribution in [0.25, 0.3) is 0 Å². The second-order valence-electron chi connectivity index (χ2n) is 5.21. The summed E-state index contributed by atoms with van der Waals surface area (Å²) in [7, 11) is 0. The Morgan fingerprint density at radius 1 is 1.15 bits per heavy atom. The van der Waals surface area contributed by atoms with Gasteiger partial charge in [0.15, 0.2) is 0 Å². The highest BCUT2D eigenvalue weighted by atomic mass is 16.5. The third-order valence-electron chi connectivity index (χ3n) is 3.73. The molecule has 1 aromatic heterocycles. The Labute approximate surface area is 120 Å². The van der Waals surface area contributed by atoms with Crippen molar-refractivity contribution in [2.24, 2.45) is 5.73 Å². The van der Waals surface area contributed by atoms with E-state index in [0.717, 1.165) is 34.0 Å². The molecule has 0 radical (unpaired) electrons. The lowest BCUT2D eigenvalue weighted by molar-refractivity contribution is 0.335. The summed E-state index contributed by atoms with van der Waals surface area (Å²) in [6.07, 6.45) is 0. The summed E-state index contributed by atoms with van der Waals surface area (Å²) < 4.78 is 11.4. The van der Waals surface area contributed by atoms with Crippen molar-refractivity contribution in [3.05, 3.63) is 52.0 Å². The molecule has 108 valence electrons. The van der Waals surface area contributed by atoms with Crippen LogP contribution in [0.5, 0.6) is 5.75 Å². The van der Waals surface area contributed by atoms with Crippen molar-refractivity contribution in [3.63, 3.8) is 0 Å². The predicted octanol–water partition coefficient (Wildman–Crippen LogP) is 3.96. The smallest absolute Gasteiger partial charge is 0.124 e. The van der Waals surface area contributed by atoms with Gasteiger partial charge in [-0.15, -0.1) is 0 Å². The van der Waals surface area contributed by atoms with Crippen LogP contribution in [0.4, 0.5) is 0 Å². The zero-order chi connectivity index (χ0) is 14.9. The first kappa shape index (κ1) is 14.7. The summed E-state index contributed by atoms with van der Waals surface area (Å²) in [4.78, 5) is 0. The number of ether oxygens (including phenoxy) is 1. The van der Waals surface area contributed by atoms with Gasteiger partial charge in [0.25, 0.3) is 0 Å². The van der Waals surface area contributed by atoms with E-state index < -0.39 is 0 Å². The summed E-state index contributed by atoms with van der Waals surface area (Å²) in [5, 5.41) is 0. The number of benzene rings is 1. The third kappa shape index (κ3) is 2.59. The van der Waals surface area contributed by atoms with Gasteiger partial charge in [-0.3, -0.25) is 0 Å². The van der Waals surface area contributed by atoms with Gasteiger partial charge in [-0.1, -0.05) is 17.7 Å². The molecule has 0 spiro atoms. The second kappa shape index (κ2) is 5.71. The highest BCUT2D eigenvalue weighted by molar-refractivity contribution is 5.47. The molecule has 2 N–H and O–H groups in total. The van der Waals surface area contributed by atoms with Crippen LogP contribution in [0, 0.1) is 27.7 Å². The molecule has 0 aliphatic carbocycles. The van der Waals surface area contributed by atoms with Gasteiger partial charge in [0, 0.05) is 11.1 Å². The molecule has 3 heteroatoms. The molecule has 1 atom stereocenters. The van der Waals surface area contributed by atoms with Crippen molar-refractivity contribution >= 4 is 0 Å². The fraction of sp³-hybridized carbons (Fsp3) is 0.412. The Balaban J connectivity index is 2.52. The van der Waals surface area contributed by atoms with E-state index in [1.807, 2.05) is 32.9 Å². The lowest BCUT2D eigenvalue weighted by Gasteiger charge is -2.18. The minimum Gasteiger partial charge on any atom is -0.494 e. The SMILES string of the molecule is CCOc1ccc(C)cc1C(N)c1c(C)oc(C)c1C. The van der Waals surface area contributed by atoms with Gasteiger partial charge in [0.1, 0.15) is 17.3 Å². The molecule has 0 fully saturated rings. The minimum atomic E-state index is -0.228. The molecule has 1 heterocycles. The van der Waals surface area contributed by atoms with Crippen molar-refractivity contribution < 1.29 is 9.15 Å². The number of furan rings is 1. The van der Waals surface area contributed by atoms with Crippen LogP contribution >= 0.6 is 0 Å². The maximum atomic E-state index is 6.49. The number of hydrogen-bond donors (Lipinski definition) is 1. The molecule has 0 bridgehead atoms. The lowest BCUT2D eigenvalue weighted by atomic mass is 9.94. The topological polar surface area (TPSA) is 48.4 Å². The molecule has 2 aromatic rings. The van der Waals surface area contributed by atoms with Gasteiger partial charge in [-0.25, -0.2) is 0 Å². The van der Waals surface area contributed by atoms with Gasteiger partial charge in [0.2, 0.25) is 0 Å². The van der Waals surface area contributed by atoms with Gasteiger partial charge in [-0.05, 0) is 46.2 Å². The zero-order valence-corrected chi connectivity index (χ0v) is 12.9. The van der Waals surface area contributed by atoms with Crippen molar-refractivity contribution in [1.82, 2.24) is 0 Å². The van der Waals surface area contributed by atoms with E-state index in [9.17, 15) is 0 Å². The van der Waals surface area contributed by atoms with Crippen LogP contribution in [0.2, 0.25) is 0 Å². The minimum absolute atomic E-state index is 0.228. The summed E-state index contributed by atoms with van der Waals surface area (Å²) in [6.45, 7) is 10.7. The molecule has 20 heavy (non-hydrogen) atoms. The van der Waals surface area contributed by atoms with Crippen LogP contribution in [0.15, 0.2) is 22.6 Å². The van der Waals surface area contributed by atoms with Crippen molar-refractivity contribution in [3.8, 4) is 5.75 Å². The van der Waals surface area contributed by atoms with Gasteiger partial charge >= 0.3 is 0 Å². The van der Waals surface area contributed by atoms with Crippen molar-refractivity contribution in [1.29, 1.82) is 0 Å². The summed E-state index contributed by atoms with van der Waals surface area (Å²) in [5.74, 6) is 2.67. The van der Waals surface area contributed by atoms with E-state index in [4.69, 9.17) is 14.9 Å². The van der Waals surface area contributed by atoms with Crippen LogP contribution in [-0.2, 0) is 0 Å². The fourth-order valence-electron chi connectivity index (χ4n) is 2.62. The van der Waals surface area contributed by atoms with Gasteiger partial charge in [-0.2, -0.15) is 0 Å². The van der Waals surface area contributed by atoms with Crippen LogP contribution in [0.3, 0.4) is 0 Å². The molecule has 0 amide bonds. The first-order chi connectivity index (χ1) is 9.45. The van der Waals surface area contributed by atoms with Gasteiger partial charge < -0.3 is 14.9 Å². The number of aryl methyl sites for hydroxylation is 3. The van der Waals surface area contributed by atoms with E-state index >= 15 is 0 Å². The Bertz CT molecular complexity index is 614. The van der Waals surface area contributed by atoms with Crippen LogP contribution in [0.1, 0.15) is 46.7 Å². The summed E-state index contributed by atoms with van der Waals surface area (Å²) in [5.41, 5.74) is 10.9. The fourth-order valence-corrected chi connectivity index (χ4v) is 2.62.